The Hall–Kier alpha value is -1.49. The Balaban J connectivity index is 2.13. The zero-order valence-corrected chi connectivity index (χ0v) is 14.9. The highest BCUT2D eigenvalue weighted by molar-refractivity contribution is 7.89. The summed E-state index contributed by atoms with van der Waals surface area (Å²) >= 11 is 1.07. The lowest BCUT2D eigenvalue weighted by atomic mass is 10.3. The van der Waals surface area contributed by atoms with Crippen molar-refractivity contribution < 1.29 is 27.9 Å². The number of aliphatic carboxylic acids is 1. The van der Waals surface area contributed by atoms with Crippen molar-refractivity contribution in [3.8, 4) is 0 Å². The fourth-order valence-corrected chi connectivity index (χ4v) is 5.12. The second-order valence-corrected chi connectivity index (χ2v) is 8.18. The third-order valence-corrected chi connectivity index (χ3v) is 6.61. The van der Waals surface area contributed by atoms with Gasteiger partial charge in [0.15, 0.2) is 0 Å². The second kappa shape index (κ2) is 8.06. The number of sulfonamides is 1. The van der Waals surface area contributed by atoms with Gasteiger partial charge in [0.05, 0.1) is 13.2 Å². The fraction of sp³-hybridized carbons (Fsp3) is 0.571. The van der Waals surface area contributed by atoms with E-state index in [1.54, 1.807) is 5.38 Å². The summed E-state index contributed by atoms with van der Waals surface area (Å²) in [5.74, 6) is -1.34. The van der Waals surface area contributed by atoms with Crippen molar-refractivity contribution in [3.63, 3.8) is 0 Å². The molecule has 1 fully saturated rings. The maximum absolute atomic E-state index is 12.7. The van der Waals surface area contributed by atoms with Gasteiger partial charge >= 0.3 is 5.97 Å². The summed E-state index contributed by atoms with van der Waals surface area (Å²) in [6.45, 7) is 1.45. The molecule has 2 rings (SSSR count). The highest BCUT2D eigenvalue weighted by Crippen LogP contribution is 2.27. The molecule has 0 aliphatic carbocycles. The molecular formula is C14H20N2O6S2. The number of ether oxygens (including phenoxy) is 1. The first-order chi connectivity index (χ1) is 11.3. The molecule has 0 spiro atoms. The number of nitrogens with zero attached hydrogens (tertiary/aromatic N) is 2. The van der Waals surface area contributed by atoms with Crippen LogP contribution in [0.3, 0.4) is 0 Å². The largest absolute Gasteiger partial charge is 0.481 e. The lowest BCUT2D eigenvalue weighted by Crippen LogP contribution is -2.41. The van der Waals surface area contributed by atoms with Crippen LogP contribution in [0.5, 0.6) is 0 Å². The molecule has 1 aromatic rings. The summed E-state index contributed by atoms with van der Waals surface area (Å²) in [6, 6.07) is 1.44. The van der Waals surface area contributed by atoms with Gasteiger partial charge in [0, 0.05) is 33.1 Å². The summed E-state index contributed by atoms with van der Waals surface area (Å²) in [7, 11) is -2.20. The summed E-state index contributed by atoms with van der Waals surface area (Å²) in [6.07, 6.45) is 0.273. The van der Waals surface area contributed by atoms with Crippen LogP contribution in [0.15, 0.2) is 16.3 Å². The minimum atomic E-state index is -3.74. The quantitative estimate of drug-likeness (QED) is 0.751. The van der Waals surface area contributed by atoms with Crippen LogP contribution >= 0.6 is 11.3 Å². The van der Waals surface area contributed by atoms with Crippen molar-refractivity contribution in [3.05, 3.63) is 16.3 Å². The van der Waals surface area contributed by atoms with Gasteiger partial charge in [-0.1, -0.05) is 0 Å². The molecule has 0 bridgehead atoms. The van der Waals surface area contributed by atoms with Crippen molar-refractivity contribution in [1.29, 1.82) is 0 Å². The first-order valence-corrected chi connectivity index (χ1v) is 9.78. The van der Waals surface area contributed by atoms with E-state index in [4.69, 9.17) is 9.84 Å². The second-order valence-electron chi connectivity index (χ2n) is 5.35. The van der Waals surface area contributed by atoms with E-state index in [1.807, 2.05) is 0 Å². The van der Waals surface area contributed by atoms with Crippen molar-refractivity contribution in [2.45, 2.75) is 17.7 Å². The lowest BCUT2D eigenvalue weighted by molar-refractivity contribution is -0.137. The SMILES string of the molecule is CN(CCCC(=O)O)C(=O)c1sccc1S(=O)(=O)N1CCOCC1. The van der Waals surface area contributed by atoms with E-state index >= 15 is 0 Å². The van der Waals surface area contributed by atoms with Crippen LogP contribution in [0, 0.1) is 0 Å². The maximum atomic E-state index is 12.7. The summed E-state index contributed by atoms with van der Waals surface area (Å²) in [5, 5.41) is 10.2. The molecule has 134 valence electrons. The first kappa shape index (κ1) is 18.8. The lowest BCUT2D eigenvalue weighted by Gasteiger charge is -2.26. The molecule has 8 nitrogen and oxygen atoms in total. The zero-order valence-electron chi connectivity index (χ0n) is 13.3. The molecular weight excluding hydrogens is 356 g/mol. The molecule has 1 aromatic heterocycles. The van der Waals surface area contributed by atoms with Crippen molar-refractivity contribution in [2.75, 3.05) is 39.9 Å². The Kier molecular flexibility index (Phi) is 6.33. The highest BCUT2D eigenvalue weighted by atomic mass is 32.2. The zero-order chi connectivity index (χ0) is 17.7. The molecule has 1 aliphatic rings. The van der Waals surface area contributed by atoms with Gasteiger partial charge in [-0.25, -0.2) is 8.42 Å². The summed E-state index contributed by atoms with van der Waals surface area (Å²) < 4.78 is 31.9. The molecule has 1 aliphatic heterocycles. The van der Waals surface area contributed by atoms with Crippen molar-refractivity contribution in [2.24, 2.45) is 0 Å². The molecule has 0 unspecified atom stereocenters. The third-order valence-electron chi connectivity index (χ3n) is 3.64. The van der Waals surface area contributed by atoms with Gasteiger partial charge in [0.1, 0.15) is 9.77 Å². The van der Waals surface area contributed by atoms with Crippen LogP contribution in [0.1, 0.15) is 22.5 Å². The van der Waals surface area contributed by atoms with Gasteiger partial charge in [-0.05, 0) is 17.9 Å². The molecule has 1 N–H and O–H groups in total. The number of hydrogen-bond donors (Lipinski definition) is 1. The molecule has 0 aromatic carbocycles. The van der Waals surface area contributed by atoms with Gasteiger partial charge in [-0.2, -0.15) is 4.31 Å². The van der Waals surface area contributed by atoms with Crippen LogP contribution in [-0.2, 0) is 19.6 Å². The number of amides is 1. The van der Waals surface area contributed by atoms with E-state index < -0.39 is 21.9 Å². The maximum Gasteiger partial charge on any atom is 0.303 e. The summed E-state index contributed by atoms with van der Waals surface area (Å²) in [4.78, 5) is 24.6. The topological polar surface area (TPSA) is 104 Å². The monoisotopic (exact) mass is 376 g/mol. The number of carboxylic acids is 1. The number of rotatable bonds is 7. The summed E-state index contributed by atoms with van der Waals surface area (Å²) in [5.41, 5.74) is 0. The number of morpholine rings is 1. The molecule has 0 radical (unpaired) electrons. The molecule has 0 atom stereocenters. The Morgan fingerprint density at radius 2 is 2.04 bits per heavy atom. The number of carbonyl (C=O) groups is 2. The van der Waals surface area contributed by atoms with Gasteiger partial charge in [0.2, 0.25) is 10.0 Å². The van der Waals surface area contributed by atoms with Gasteiger partial charge in [-0.15, -0.1) is 11.3 Å². The van der Waals surface area contributed by atoms with E-state index in [-0.39, 0.29) is 35.8 Å². The van der Waals surface area contributed by atoms with E-state index in [0.717, 1.165) is 11.3 Å². The molecule has 2 heterocycles. The van der Waals surface area contributed by atoms with E-state index in [0.29, 0.717) is 19.6 Å². The molecule has 1 amide bonds. The van der Waals surface area contributed by atoms with Gasteiger partial charge in [0.25, 0.3) is 5.91 Å². The molecule has 24 heavy (non-hydrogen) atoms. The Morgan fingerprint density at radius 1 is 1.38 bits per heavy atom. The number of thiophene rings is 1. The normalized spacial score (nSPS) is 16.0. The predicted molar refractivity (Wildman–Crippen MR) is 87.7 cm³/mol. The van der Waals surface area contributed by atoms with E-state index in [2.05, 4.69) is 0 Å². The highest BCUT2D eigenvalue weighted by Gasteiger charge is 2.32. The average molecular weight is 376 g/mol. The fourth-order valence-electron chi connectivity index (χ4n) is 2.32. The standard InChI is InChI=1S/C14H20N2O6S2/c1-15(5-2-3-12(17)18)14(19)13-11(4-10-23-13)24(20,21)16-6-8-22-9-7-16/h4,10H,2-3,5-9H2,1H3,(H,17,18). The Labute approximate surface area is 144 Å². The predicted octanol–water partition coefficient (Wildman–Crippen LogP) is 0.706. The van der Waals surface area contributed by atoms with E-state index in [9.17, 15) is 18.0 Å². The van der Waals surface area contributed by atoms with Crippen LogP contribution in [0.2, 0.25) is 0 Å². The van der Waals surface area contributed by atoms with E-state index in [1.165, 1.54) is 22.3 Å². The smallest absolute Gasteiger partial charge is 0.303 e. The van der Waals surface area contributed by atoms with Gasteiger partial charge < -0.3 is 14.7 Å². The van der Waals surface area contributed by atoms with Crippen LogP contribution in [-0.4, -0.2) is 74.5 Å². The number of carboxylic acid groups (broad SMARTS) is 1. The number of hydrogen-bond acceptors (Lipinski definition) is 6. The van der Waals surface area contributed by atoms with Gasteiger partial charge in [-0.3, -0.25) is 9.59 Å². The Morgan fingerprint density at radius 3 is 2.67 bits per heavy atom. The Bertz CT molecular complexity index is 694. The van der Waals surface area contributed by atoms with Crippen LogP contribution in [0.4, 0.5) is 0 Å². The average Bonchev–Trinajstić information content (AvgIpc) is 3.05. The third kappa shape index (κ3) is 4.32. The van der Waals surface area contributed by atoms with Crippen molar-refractivity contribution in [1.82, 2.24) is 9.21 Å². The minimum Gasteiger partial charge on any atom is -0.481 e. The van der Waals surface area contributed by atoms with Crippen molar-refractivity contribution >= 4 is 33.2 Å². The minimum absolute atomic E-state index is 0.00415. The van der Waals surface area contributed by atoms with Crippen LogP contribution in [0.25, 0.3) is 0 Å². The first-order valence-electron chi connectivity index (χ1n) is 7.46. The number of carbonyl (C=O) groups excluding carboxylic acids is 1. The van der Waals surface area contributed by atoms with Crippen LogP contribution < -0.4 is 0 Å². The molecule has 10 heteroatoms. The molecule has 0 saturated carbocycles. The molecule has 1 saturated heterocycles.